The highest BCUT2D eigenvalue weighted by atomic mass is 16.6. The molecule has 0 aliphatic heterocycles. The van der Waals surface area contributed by atoms with Crippen molar-refractivity contribution in [1.82, 2.24) is 5.32 Å². The van der Waals surface area contributed by atoms with Crippen LogP contribution in [0, 0.1) is 0 Å². The molecule has 0 saturated heterocycles. The molecule has 144 valence electrons. The van der Waals surface area contributed by atoms with Crippen LogP contribution in [-0.4, -0.2) is 43.2 Å². The standard InChI is InChI=1S/C18H23NO5.CH4O/c1-3-14(2)12-24-18(22)19-16(10-7-11-20)17(21)23-13-15-8-5-4-6-9-15;1-2/h3-6,8-9,11,16H,7,10,12-13H2,1-2H3,(H,19,22);2H,1H3/b14-3+;. The minimum absolute atomic E-state index is 0.103. The molecule has 0 saturated carbocycles. The molecule has 1 amide bonds. The number of ether oxygens (including phenoxy) is 2. The van der Waals surface area contributed by atoms with Crippen molar-refractivity contribution in [3.63, 3.8) is 0 Å². The summed E-state index contributed by atoms with van der Waals surface area (Å²) >= 11 is 0. The van der Waals surface area contributed by atoms with Crippen LogP contribution >= 0.6 is 0 Å². The number of alkyl carbamates (subject to hydrolysis) is 1. The largest absolute Gasteiger partial charge is 0.459 e. The Morgan fingerprint density at radius 2 is 1.85 bits per heavy atom. The molecule has 2 N–H and O–H groups in total. The molecule has 7 heteroatoms. The third kappa shape index (κ3) is 10.2. The minimum Gasteiger partial charge on any atom is -0.459 e. The Morgan fingerprint density at radius 1 is 1.19 bits per heavy atom. The minimum atomic E-state index is -0.919. The molecule has 1 aromatic rings. The fraction of sp³-hybridized carbons (Fsp3) is 0.421. The summed E-state index contributed by atoms with van der Waals surface area (Å²) in [6.07, 6.45) is 2.09. The number of benzene rings is 1. The SMILES string of the molecule is C/C=C(\C)COC(=O)NC(CCC=O)C(=O)OCc1ccccc1.CO. The Kier molecular flexibility index (Phi) is 13.1. The van der Waals surface area contributed by atoms with E-state index in [9.17, 15) is 14.4 Å². The van der Waals surface area contributed by atoms with Gasteiger partial charge in [-0.1, -0.05) is 36.4 Å². The van der Waals surface area contributed by atoms with Crippen LogP contribution in [0.2, 0.25) is 0 Å². The second kappa shape index (κ2) is 14.7. The van der Waals surface area contributed by atoms with Crippen molar-refractivity contribution in [2.45, 2.75) is 39.3 Å². The zero-order valence-corrected chi connectivity index (χ0v) is 15.4. The van der Waals surface area contributed by atoms with E-state index in [1.54, 1.807) is 0 Å². The van der Waals surface area contributed by atoms with Crippen LogP contribution in [0.4, 0.5) is 4.79 Å². The maximum Gasteiger partial charge on any atom is 0.408 e. The maximum absolute atomic E-state index is 12.1. The van der Waals surface area contributed by atoms with Gasteiger partial charge in [0.15, 0.2) is 0 Å². The van der Waals surface area contributed by atoms with Gasteiger partial charge in [-0.2, -0.15) is 0 Å². The highest BCUT2D eigenvalue weighted by Crippen LogP contribution is 2.05. The number of aliphatic hydroxyl groups excluding tert-OH is 1. The van der Waals surface area contributed by atoms with E-state index in [1.807, 2.05) is 50.3 Å². The third-order valence-electron chi connectivity index (χ3n) is 3.30. The van der Waals surface area contributed by atoms with Crippen LogP contribution in [0.3, 0.4) is 0 Å². The predicted octanol–water partition coefficient (Wildman–Crippen LogP) is 2.38. The first-order valence-electron chi connectivity index (χ1n) is 8.20. The van der Waals surface area contributed by atoms with Crippen LogP contribution in [0.5, 0.6) is 0 Å². The predicted molar refractivity (Wildman–Crippen MR) is 97.4 cm³/mol. The number of hydrogen-bond donors (Lipinski definition) is 2. The molecule has 0 aliphatic rings. The molecule has 0 aliphatic carbocycles. The summed E-state index contributed by atoms with van der Waals surface area (Å²) in [6, 6.07) is 8.28. The molecule has 0 radical (unpaired) electrons. The first-order valence-corrected chi connectivity index (χ1v) is 8.20. The van der Waals surface area contributed by atoms with E-state index in [4.69, 9.17) is 14.6 Å². The second-order valence-electron chi connectivity index (χ2n) is 5.25. The van der Waals surface area contributed by atoms with Gasteiger partial charge in [-0.05, 0) is 31.4 Å². The van der Waals surface area contributed by atoms with E-state index in [-0.39, 0.29) is 26.1 Å². The van der Waals surface area contributed by atoms with Gasteiger partial charge < -0.3 is 24.7 Å². The van der Waals surface area contributed by atoms with Crippen molar-refractivity contribution in [3.05, 3.63) is 47.5 Å². The van der Waals surface area contributed by atoms with E-state index < -0.39 is 18.1 Å². The number of nitrogens with one attached hydrogen (secondary N) is 1. The number of carbonyl (C=O) groups is 3. The summed E-state index contributed by atoms with van der Waals surface area (Å²) < 4.78 is 10.2. The lowest BCUT2D eigenvalue weighted by Gasteiger charge is -2.17. The lowest BCUT2D eigenvalue weighted by molar-refractivity contribution is -0.147. The van der Waals surface area contributed by atoms with Gasteiger partial charge in [-0.25, -0.2) is 9.59 Å². The Hall–Kier alpha value is -2.67. The van der Waals surface area contributed by atoms with Gasteiger partial charge >= 0.3 is 12.1 Å². The number of allylic oxidation sites excluding steroid dienone is 1. The highest BCUT2D eigenvalue weighted by molar-refractivity contribution is 5.81. The molecule has 0 heterocycles. The first kappa shape index (κ1) is 23.3. The Bertz CT molecular complexity index is 571. The van der Waals surface area contributed by atoms with Crippen molar-refractivity contribution in [3.8, 4) is 0 Å². The van der Waals surface area contributed by atoms with Gasteiger partial charge in [0.05, 0.1) is 0 Å². The first-order chi connectivity index (χ1) is 12.6. The molecule has 0 bridgehead atoms. The number of carbonyl (C=O) groups excluding carboxylic acids is 3. The zero-order valence-electron chi connectivity index (χ0n) is 15.4. The van der Waals surface area contributed by atoms with Crippen LogP contribution in [0.15, 0.2) is 42.0 Å². The van der Waals surface area contributed by atoms with Crippen molar-refractivity contribution in [2.75, 3.05) is 13.7 Å². The van der Waals surface area contributed by atoms with E-state index in [2.05, 4.69) is 5.32 Å². The van der Waals surface area contributed by atoms with E-state index in [0.29, 0.717) is 6.29 Å². The van der Waals surface area contributed by atoms with Crippen molar-refractivity contribution in [2.24, 2.45) is 0 Å². The van der Waals surface area contributed by atoms with Crippen LogP contribution in [0.1, 0.15) is 32.3 Å². The normalized spacial score (nSPS) is 11.5. The molecule has 0 aromatic heterocycles. The van der Waals surface area contributed by atoms with Gasteiger partial charge in [0, 0.05) is 13.5 Å². The number of hydrogen-bond acceptors (Lipinski definition) is 6. The molecular weight excluding hydrogens is 338 g/mol. The summed E-state index contributed by atoms with van der Waals surface area (Å²) in [5.41, 5.74) is 1.73. The topological polar surface area (TPSA) is 102 Å². The zero-order chi connectivity index (χ0) is 19.8. The maximum atomic E-state index is 12.1. The van der Waals surface area contributed by atoms with Crippen molar-refractivity contribution < 1.29 is 29.0 Å². The molecule has 1 aromatic carbocycles. The summed E-state index contributed by atoms with van der Waals surface area (Å²) in [5.74, 6) is -0.597. The van der Waals surface area contributed by atoms with Crippen LogP contribution in [-0.2, 0) is 25.7 Å². The fourth-order valence-corrected chi connectivity index (χ4v) is 1.76. The number of rotatable bonds is 9. The van der Waals surface area contributed by atoms with E-state index in [1.165, 1.54) is 0 Å². The third-order valence-corrected chi connectivity index (χ3v) is 3.30. The Labute approximate surface area is 154 Å². The number of esters is 1. The number of aliphatic hydroxyl groups is 1. The van der Waals surface area contributed by atoms with Crippen molar-refractivity contribution in [1.29, 1.82) is 0 Å². The summed E-state index contributed by atoms with van der Waals surface area (Å²) in [5, 5.41) is 9.45. The van der Waals surface area contributed by atoms with Crippen LogP contribution in [0.25, 0.3) is 0 Å². The van der Waals surface area contributed by atoms with Gasteiger partial charge in [-0.15, -0.1) is 0 Å². The molecule has 26 heavy (non-hydrogen) atoms. The molecule has 1 atom stereocenters. The lowest BCUT2D eigenvalue weighted by Crippen LogP contribution is -2.42. The monoisotopic (exact) mass is 365 g/mol. The lowest BCUT2D eigenvalue weighted by atomic mass is 10.1. The van der Waals surface area contributed by atoms with Gasteiger partial charge in [0.25, 0.3) is 0 Å². The highest BCUT2D eigenvalue weighted by Gasteiger charge is 2.22. The Morgan fingerprint density at radius 3 is 2.42 bits per heavy atom. The summed E-state index contributed by atoms with van der Waals surface area (Å²) in [7, 11) is 1.00. The average Bonchev–Trinajstić information content (AvgIpc) is 2.69. The van der Waals surface area contributed by atoms with E-state index >= 15 is 0 Å². The molecule has 1 rings (SSSR count). The quantitative estimate of drug-likeness (QED) is 0.396. The second-order valence-corrected chi connectivity index (χ2v) is 5.25. The van der Waals surface area contributed by atoms with Gasteiger partial charge in [0.1, 0.15) is 25.5 Å². The molecule has 0 spiro atoms. The van der Waals surface area contributed by atoms with E-state index in [0.717, 1.165) is 18.2 Å². The molecule has 1 unspecified atom stereocenters. The Balaban J connectivity index is 0.00000301. The number of aldehydes is 1. The summed E-state index contributed by atoms with van der Waals surface area (Å²) in [4.78, 5) is 34.4. The van der Waals surface area contributed by atoms with Gasteiger partial charge in [0.2, 0.25) is 0 Å². The molecular formula is C19H27NO6. The van der Waals surface area contributed by atoms with Gasteiger partial charge in [-0.3, -0.25) is 0 Å². The van der Waals surface area contributed by atoms with Crippen molar-refractivity contribution >= 4 is 18.3 Å². The number of amides is 1. The van der Waals surface area contributed by atoms with Crippen LogP contribution < -0.4 is 5.32 Å². The summed E-state index contributed by atoms with van der Waals surface area (Å²) in [6.45, 7) is 3.91. The average molecular weight is 365 g/mol. The fourth-order valence-electron chi connectivity index (χ4n) is 1.76. The molecule has 7 nitrogen and oxygen atoms in total. The molecule has 0 fully saturated rings. The smallest absolute Gasteiger partial charge is 0.408 e.